The second kappa shape index (κ2) is 2.57. The molecule has 0 saturated heterocycles. The number of rotatable bonds is 0. The number of hydrogen-bond acceptors (Lipinski definition) is 3. The first-order chi connectivity index (χ1) is 2.89. The van der Waals surface area contributed by atoms with Crippen molar-refractivity contribution in [2.75, 3.05) is 0 Å². The van der Waals surface area contributed by atoms with E-state index in [-0.39, 0.29) is 17.0 Å². The van der Waals surface area contributed by atoms with Crippen LogP contribution in [0.15, 0.2) is 15.6 Å². The summed E-state index contributed by atoms with van der Waals surface area (Å²) < 4.78 is 4.11. The van der Waals surface area contributed by atoms with Crippen molar-refractivity contribution in [3.63, 3.8) is 0 Å². The van der Waals surface area contributed by atoms with E-state index in [0.29, 0.717) is 0 Å². The molecule has 0 aliphatic heterocycles. The standard InChI is InChI=1S/C2H2N2O2.BrH/c5-2-4-3-1-6-2;/h1H,(H,4,5);1H. The second-order valence-corrected chi connectivity index (χ2v) is 0.752. The van der Waals surface area contributed by atoms with Gasteiger partial charge in [-0.25, -0.2) is 9.89 Å². The predicted molar refractivity (Wildman–Crippen MR) is 27.4 cm³/mol. The van der Waals surface area contributed by atoms with E-state index in [1.165, 1.54) is 0 Å². The molecule has 7 heavy (non-hydrogen) atoms. The molecule has 1 N–H and O–H groups in total. The minimum atomic E-state index is -0.519. The molecule has 0 spiro atoms. The van der Waals surface area contributed by atoms with Crippen molar-refractivity contribution in [2.45, 2.75) is 0 Å². The van der Waals surface area contributed by atoms with Gasteiger partial charge in [0.2, 0.25) is 6.39 Å². The van der Waals surface area contributed by atoms with Crippen LogP contribution >= 0.6 is 17.0 Å². The Bertz CT molecular complexity index is 151. The zero-order valence-electron chi connectivity index (χ0n) is 3.25. The summed E-state index contributed by atoms with van der Waals surface area (Å²) in [6, 6.07) is 0. The van der Waals surface area contributed by atoms with Gasteiger partial charge < -0.3 is 4.42 Å². The monoisotopic (exact) mass is 166 g/mol. The van der Waals surface area contributed by atoms with Gasteiger partial charge in [0.25, 0.3) is 0 Å². The molecule has 0 unspecified atom stereocenters. The summed E-state index contributed by atoms with van der Waals surface area (Å²) in [6.07, 6.45) is 1.04. The molecule has 0 fully saturated rings. The third kappa shape index (κ3) is 1.54. The molecule has 0 radical (unpaired) electrons. The fourth-order valence-corrected chi connectivity index (χ4v) is 0.180. The van der Waals surface area contributed by atoms with Crippen molar-refractivity contribution in [3.8, 4) is 0 Å². The summed E-state index contributed by atoms with van der Waals surface area (Å²) in [6.45, 7) is 0. The van der Waals surface area contributed by atoms with Crippen molar-refractivity contribution in [2.24, 2.45) is 0 Å². The molecule has 5 heteroatoms. The Kier molecular flexibility index (Phi) is 2.36. The average molecular weight is 167 g/mol. The summed E-state index contributed by atoms with van der Waals surface area (Å²) in [5.41, 5.74) is 0. The number of nitrogens with zero attached hydrogens (tertiary/aromatic N) is 1. The number of halogens is 1. The van der Waals surface area contributed by atoms with Crippen molar-refractivity contribution < 1.29 is 4.42 Å². The Morgan fingerprint density at radius 1 is 1.86 bits per heavy atom. The molecule has 0 aliphatic carbocycles. The largest absolute Gasteiger partial charge is 0.434 e. The number of aromatic amines is 1. The molecule has 0 aromatic carbocycles. The minimum Gasteiger partial charge on any atom is -0.395 e. The van der Waals surface area contributed by atoms with Crippen LogP contribution in [0.4, 0.5) is 0 Å². The minimum absolute atomic E-state index is 0. The maximum Gasteiger partial charge on any atom is 0.434 e. The lowest BCUT2D eigenvalue weighted by atomic mass is 11.4. The van der Waals surface area contributed by atoms with Crippen LogP contribution in [0.1, 0.15) is 0 Å². The average Bonchev–Trinajstić information content (AvgIpc) is 1.86. The third-order valence-corrected chi connectivity index (χ3v) is 0.368. The number of hydrogen-bond donors (Lipinski definition) is 1. The molecule has 0 aliphatic rings. The van der Waals surface area contributed by atoms with Gasteiger partial charge in [-0.15, -0.1) is 22.1 Å². The summed E-state index contributed by atoms with van der Waals surface area (Å²) in [4.78, 5) is 9.78. The third-order valence-electron chi connectivity index (χ3n) is 0.368. The van der Waals surface area contributed by atoms with E-state index in [4.69, 9.17) is 0 Å². The highest BCUT2D eigenvalue weighted by Crippen LogP contribution is 1.53. The maximum absolute atomic E-state index is 9.78. The Morgan fingerprint density at radius 3 is 2.71 bits per heavy atom. The highest BCUT2D eigenvalue weighted by atomic mass is 79.9. The van der Waals surface area contributed by atoms with Gasteiger partial charge in [0.05, 0.1) is 0 Å². The van der Waals surface area contributed by atoms with Gasteiger partial charge in [0.1, 0.15) is 0 Å². The van der Waals surface area contributed by atoms with Crippen LogP contribution in [0.5, 0.6) is 0 Å². The first-order valence-corrected chi connectivity index (χ1v) is 1.38. The van der Waals surface area contributed by atoms with Crippen molar-refractivity contribution in [1.82, 2.24) is 10.2 Å². The summed E-state index contributed by atoms with van der Waals surface area (Å²) in [5.74, 6) is -0.519. The SMILES string of the molecule is Br.O=c1[nH]nco1. The van der Waals surface area contributed by atoms with Gasteiger partial charge in [-0.1, -0.05) is 0 Å². The lowest BCUT2D eigenvalue weighted by Crippen LogP contribution is -1.93. The van der Waals surface area contributed by atoms with E-state index in [2.05, 4.69) is 9.52 Å². The molecule has 1 aromatic rings. The van der Waals surface area contributed by atoms with Crippen LogP contribution in [-0.4, -0.2) is 10.2 Å². The van der Waals surface area contributed by atoms with Gasteiger partial charge in [-0.05, 0) is 0 Å². The topological polar surface area (TPSA) is 58.9 Å². The Labute approximate surface area is 49.3 Å². The van der Waals surface area contributed by atoms with Crippen LogP contribution in [0.25, 0.3) is 0 Å². The molecule has 1 heterocycles. The van der Waals surface area contributed by atoms with E-state index < -0.39 is 5.76 Å². The number of aromatic nitrogens is 2. The molecule has 0 bridgehead atoms. The molecule has 0 saturated carbocycles. The van der Waals surface area contributed by atoms with Crippen LogP contribution in [0.2, 0.25) is 0 Å². The Balaban J connectivity index is 0.000000360. The van der Waals surface area contributed by atoms with Gasteiger partial charge in [0, 0.05) is 0 Å². The molecular weight excluding hydrogens is 164 g/mol. The van der Waals surface area contributed by atoms with E-state index in [9.17, 15) is 4.79 Å². The van der Waals surface area contributed by atoms with Gasteiger partial charge in [0.15, 0.2) is 0 Å². The van der Waals surface area contributed by atoms with E-state index >= 15 is 0 Å². The number of nitrogens with one attached hydrogen (secondary N) is 1. The molecule has 0 amide bonds. The van der Waals surface area contributed by atoms with Gasteiger partial charge in [-0.3, -0.25) is 0 Å². The van der Waals surface area contributed by atoms with Gasteiger partial charge >= 0.3 is 5.76 Å². The van der Waals surface area contributed by atoms with Crippen LogP contribution < -0.4 is 5.76 Å². The summed E-state index contributed by atoms with van der Waals surface area (Å²) >= 11 is 0. The zero-order chi connectivity index (χ0) is 4.41. The van der Waals surface area contributed by atoms with Crippen LogP contribution in [0.3, 0.4) is 0 Å². The van der Waals surface area contributed by atoms with Crippen molar-refractivity contribution in [3.05, 3.63) is 16.9 Å². The molecule has 1 rings (SSSR count). The first kappa shape index (κ1) is 6.42. The van der Waals surface area contributed by atoms with E-state index in [1.807, 2.05) is 5.10 Å². The van der Waals surface area contributed by atoms with Crippen LogP contribution in [-0.2, 0) is 0 Å². The zero-order valence-corrected chi connectivity index (χ0v) is 4.96. The molecule has 40 valence electrons. The molecule has 1 aromatic heterocycles. The fourth-order valence-electron chi connectivity index (χ4n) is 0.180. The second-order valence-electron chi connectivity index (χ2n) is 0.752. The van der Waals surface area contributed by atoms with E-state index in [0.717, 1.165) is 6.39 Å². The highest BCUT2D eigenvalue weighted by molar-refractivity contribution is 8.93. The molecule has 4 nitrogen and oxygen atoms in total. The summed E-state index contributed by atoms with van der Waals surface area (Å²) in [7, 11) is 0. The maximum atomic E-state index is 9.78. The molecule has 0 atom stereocenters. The smallest absolute Gasteiger partial charge is 0.395 e. The lowest BCUT2D eigenvalue weighted by molar-refractivity contribution is 0.513. The van der Waals surface area contributed by atoms with Crippen molar-refractivity contribution >= 4 is 17.0 Å². The normalized spacial score (nSPS) is 7.43. The lowest BCUT2D eigenvalue weighted by Gasteiger charge is -1.48. The predicted octanol–water partition coefficient (Wildman–Crippen LogP) is -0.0592. The molecular formula is C2H3BrN2O2. The Hall–Kier alpha value is -0.580. The summed E-state index contributed by atoms with van der Waals surface area (Å²) in [5, 5.41) is 5.25. The first-order valence-electron chi connectivity index (χ1n) is 1.38. The van der Waals surface area contributed by atoms with Crippen LogP contribution in [0, 0.1) is 0 Å². The van der Waals surface area contributed by atoms with Gasteiger partial charge in [-0.2, -0.15) is 0 Å². The number of H-pyrrole nitrogens is 1. The Morgan fingerprint density at radius 2 is 2.57 bits per heavy atom. The van der Waals surface area contributed by atoms with Crippen molar-refractivity contribution in [1.29, 1.82) is 0 Å². The highest BCUT2D eigenvalue weighted by Gasteiger charge is 1.74. The fraction of sp³-hybridized carbons (Fsp3) is 0. The van der Waals surface area contributed by atoms with E-state index in [1.54, 1.807) is 0 Å². The quantitative estimate of drug-likeness (QED) is 0.588.